The zero-order chi connectivity index (χ0) is 8.65. The van der Waals surface area contributed by atoms with E-state index >= 15 is 0 Å². The number of hydrogen-bond acceptors (Lipinski definition) is 3. The fourth-order valence-corrected chi connectivity index (χ4v) is 1.09. The lowest BCUT2D eigenvalue weighted by Gasteiger charge is -1.98. The Hall–Kier alpha value is -0.960. The molecule has 1 heterocycles. The second-order valence-corrected chi connectivity index (χ2v) is 2.80. The molecule has 0 fully saturated rings. The molecule has 0 bridgehead atoms. The van der Waals surface area contributed by atoms with Crippen LogP contribution in [0.5, 0.6) is 0 Å². The van der Waals surface area contributed by atoms with Crippen molar-refractivity contribution >= 4 is 0 Å². The molecule has 3 nitrogen and oxygen atoms in total. The molecule has 12 heavy (non-hydrogen) atoms. The molecule has 2 N–H and O–H groups in total. The second kappa shape index (κ2) is 5.66. The van der Waals surface area contributed by atoms with E-state index in [1.165, 1.54) is 12.8 Å². The van der Waals surface area contributed by atoms with Gasteiger partial charge >= 0.3 is 0 Å². The predicted octanol–water partition coefficient (Wildman–Crippen LogP) is 1.15. The van der Waals surface area contributed by atoms with Crippen LogP contribution in [0.3, 0.4) is 0 Å². The quantitative estimate of drug-likeness (QED) is 0.666. The SMILES string of the molecule is NCCCCCc1ccncn1. The Labute approximate surface area is 73.0 Å². The van der Waals surface area contributed by atoms with E-state index in [1.807, 2.05) is 6.07 Å². The summed E-state index contributed by atoms with van der Waals surface area (Å²) in [4.78, 5) is 7.99. The molecule has 0 aromatic carbocycles. The molecule has 1 aromatic rings. The summed E-state index contributed by atoms with van der Waals surface area (Å²) in [7, 11) is 0. The number of nitrogens with two attached hydrogens (primary N) is 1. The number of hydrogen-bond donors (Lipinski definition) is 1. The van der Waals surface area contributed by atoms with Crippen LogP contribution in [0.4, 0.5) is 0 Å². The Bertz CT molecular complexity index is 198. The molecule has 0 spiro atoms. The van der Waals surface area contributed by atoms with Crippen LogP contribution in [-0.4, -0.2) is 16.5 Å². The molecule has 3 heteroatoms. The normalized spacial score (nSPS) is 10.1. The zero-order valence-electron chi connectivity index (χ0n) is 7.24. The van der Waals surface area contributed by atoms with Gasteiger partial charge in [0.15, 0.2) is 0 Å². The minimum atomic E-state index is 0.795. The summed E-state index contributed by atoms with van der Waals surface area (Å²) in [6.45, 7) is 0.795. The largest absolute Gasteiger partial charge is 0.330 e. The first kappa shape index (κ1) is 9.13. The van der Waals surface area contributed by atoms with Crippen LogP contribution in [0.2, 0.25) is 0 Å². The third kappa shape index (κ3) is 3.44. The standard InChI is InChI=1S/C9H15N3/c10-6-3-1-2-4-9-5-7-11-8-12-9/h5,7-8H,1-4,6,10H2. The maximum atomic E-state index is 5.38. The molecule has 0 aliphatic heterocycles. The highest BCUT2D eigenvalue weighted by atomic mass is 14.8. The van der Waals surface area contributed by atoms with Crippen LogP contribution in [-0.2, 0) is 6.42 Å². The monoisotopic (exact) mass is 165 g/mol. The van der Waals surface area contributed by atoms with Gasteiger partial charge in [-0.25, -0.2) is 9.97 Å². The van der Waals surface area contributed by atoms with Crippen LogP contribution < -0.4 is 5.73 Å². The van der Waals surface area contributed by atoms with E-state index in [2.05, 4.69) is 9.97 Å². The van der Waals surface area contributed by atoms with Gasteiger partial charge in [0, 0.05) is 11.9 Å². The molecule has 1 aromatic heterocycles. The number of rotatable bonds is 5. The van der Waals surface area contributed by atoms with Crippen LogP contribution in [0.15, 0.2) is 18.6 Å². The van der Waals surface area contributed by atoms with Gasteiger partial charge in [0.25, 0.3) is 0 Å². The Kier molecular flexibility index (Phi) is 4.31. The van der Waals surface area contributed by atoms with Gasteiger partial charge in [-0.3, -0.25) is 0 Å². The van der Waals surface area contributed by atoms with E-state index in [1.54, 1.807) is 12.5 Å². The highest BCUT2D eigenvalue weighted by molar-refractivity contribution is 4.97. The van der Waals surface area contributed by atoms with E-state index in [9.17, 15) is 0 Å². The summed E-state index contributed by atoms with van der Waals surface area (Å²) in [5.41, 5.74) is 6.51. The van der Waals surface area contributed by atoms with Crippen molar-refractivity contribution in [2.45, 2.75) is 25.7 Å². The predicted molar refractivity (Wildman–Crippen MR) is 48.6 cm³/mol. The molecule has 0 amide bonds. The molecule has 0 atom stereocenters. The van der Waals surface area contributed by atoms with Gasteiger partial charge in [-0.1, -0.05) is 6.42 Å². The summed E-state index contributed by atoms with van der Waals surface area (Å²) < 4.78 is 0. The smallest absolute Gasteiger partial charge is 0.115 e. The first-order valence-electron chi connectivity index (χ1n) is 4.38. The van der Waals surface area contributed by atoms with Crippen LogP contribution in [0.1, 0.15) is 25.0 Å². The first-order chi connectivity index (χ1) is 5.93. The van der Waals surface area contributed by atoms with E-state index < -0.39 is 0 Å². The topological polar surface area (TPSA) is 51.8 Å². The van der Waals surface area contributed by atoms with E-state index in [0.29, 0.717) is 0 Å². The summed E-state index contributed by atoms with van der Waals surface area (Å²) in [6.07, 6.45) is 7.91. The van der Waals surface area contributed by atoms with Gasteiger partial charge in [-0.2, -0.15) is 0 Å². The second-order valence-electron chi connectivity index (χ2n) is 2.80. The van der Waals surface area contributed by atoms with Gasteiger partial charge in [-0.05, 0) is 31.9 Å². The molecular formula is C9H15N3. The zero-order valence-corrected chi connectivity index (χ0v) is 7.24. The van der Waals surface area contributed by atoms with Crippen molar-refractivity contribution < 1.29 is 0 Å². The highest BCUT2D eigenvalue weighted by Crippen LogP contribution is 2.01. The Morgan fingerprint density at radius 2 is 2.17 bits per heavy atom. The average molecular weight is 165 g/mol. The highest BCUT2D eigenvalue weighted by Gasteiger charge is 1.92. The van der Waals surface area contributed by atoms with Crippen molar-refractivity contribution in [3.05, 3.63) is 24.3 Å². The third-order valence-electron chi connectivity index (χ3n) is 1.78. The molecule has 0 radical (unpaired) electrons. The van der Waals surface area contributed by atoms with Crippen molar-refractivity contribution in [1.82, 2.24) is 9.97 Å². The molecule has 0 saturated carbocycles. The lowest BCUT2D eigenvalue weighted by atomic mass is 10.1. The Morgan fingerprint density at radius 1 is 1.25 bits per heavy atom. The summed E-state index contributed by atoms with van der Waals surface area (Å²) >= 11 is 0. The summed E-state index contributed by atoms with van der Waals surface area (Å²) in [6, 6.07) is 1.96. The van der Waals surface area contributed by atoms with Gasteiger partial charge < -0.3 is 5.73 Å². The Balaban J connectivity index is 2.16. The van der Waals surface area contributed by atoms with Crippen molar-refractivity contribution in [2.75, 3.05) is 6.54 Å². The first-order valence-corrected chi connectivity index (χ1v) is 4.38. The fourth-order valence-electron chi connectivity index (χ4n) is 1.09. The molecule has 0 aliphatic rings. The molecule has 0 saturated heterocycles. The maximum Gasteiger partial charge on any atom is 0.115 e. The number of unbranched alkanes of at least 4 members (excludes halogenated alkanes) is 2. The van der Waals surface area contributed by atoms with E-state index in [4.69, 9.17) is 5.73 Å². The van der Waals surface area contributed by atoms with Gasteiger partial charge in [0.05, 0.1) is 0 Å². The van der Waals surface area contributed by atoms with Gasteiger partial charge in [0.2, 0.25) is 0 Å². The van der Waals surface area contributed by atoms with E-state index in [-0.39, 0.29) is 0 Å². The van der Waals surface area contributed by atoms with Crippen molar-refractivity contribution in [1.29, 1.82) is 0 Å². The molecule has 0 aliphatic carbocycles. The number of nitrogens with zero attached hydrogens (tertiary/aromatic N) is 2. The number of aryl methyl sites for hydroxylation is 1. The van der Waals surface area contributed by atoms with Crippen LogP contribution in [0.25, 0.3) is 0 Å². The summed E-state index contributed by atoms with van der Waals surface area (Å²) in [5.74, 6) is 0. The average Bonchev–Trinajstić information content (AvgIpc) is 2.14. The van der Waals surface area contributed by atoms with Crippen molar-refractivity contribution in [3.63, 3.8) is 0 Å². The van der Waals surface area contributed by atoms with Crippen molar-refractivity contribution in [2.24, 2.45) is 5.73 Å². The van der Waals surface area contributed by atoms with E-state index in [0.717, 1.165) is 25.1 Å². The minimum Gasteiger partial charge on any atom is -0.330 e. The van der Waals surface area contributed by atoms with Crippen molar-refractivity contribution in [3.8, 4) is 0 Å². The summed E-state index contributed by atoms with van der Waals surface area (Å²) in [5, 5.41) is 0. The van der Waals surface area contributed by atoms with Gasteiger partial charge in [-0.15, -0.1) is 0 Å². The lowest BCUT2D eigenvalue weighted by molar-refractivity contribution is 0.678. The third-order valence-corrected chi connectivity index (χ3v) is 1.78. The number of aromatic nitrogens is 2. The lowest BCUT2D eigenvalue weighted by Crippen LogP contribution is -1.98. The van der Waals surface area contributed by atoms with Crippen LogP contribution >= 0.6 is 0 Å². The van der Waals surface area contributed by atoms with Crippen LogP contribution in [0, 0.1) is 0 Å². The Morgan fingerprint density at radius 3 is 2.83 bits per heavy atom. The molecule has 0 unspecified atom stereocenters. The molecule has 1 rings (SSSR count). The molecular weight excluding hydrogens is 150 g/mol. The minimum absolute atomic E-state index is 0.795. The maximum absolute atomic E-state index is 5.38. The molecule has 66 valence electrons. The van der Waals surface area contributed by atoms with Gasteiger partial charge in [0.1, 0.15) is 6.33 Å². The fraction of sp³-hybridized carbons (Fsp3) is 0.556.